The molecule has 1 heterocycles. The van der Waals surface area contributed by atoms with Gasteiger partial charge in [0.1, 0.15) is 5.82 Å². The molecule has 1 N–H and O–H groups in total. The Bertz CT molecular complexity index is 640. The number of pyridine rings is 1. The Morgan fingerprint density at radius 2 is 1.96 bits per heavy atom. The molecule has 3 nitrogen and oxygen atoms in total. The van der Waals surface area contributed by atoms with Gasteiger partial charge in [-0.05, 0) is 56.0 Å². The summed E-state index contributed by atoms with van der Waals surface area (Å²) in [7, 11) is 0. The van der Waals surface area contributed by atoms with Gasteiger partial charge in [0, 0.05) is 12.1 Å². The van der Waals surface area contributed by atoms with Gasteiger partial charge in [-0.3, -0.25) is 9.78 Å². The van der Waals surface area contributed by atoms with Gasteiger partial charge in [0.15, 0.2) is 0 Å². The molecule has 0 bridgehead atoms. The minimum atomic E-state index is -0.233. The quantitative estimate of drug-likeness (QED) is 0.835. The molecule has 2 rings (SSSR count). The van der Waals surface area contributed by atoms with Gasteiger partial charge in [-0.2, -0.15) is 0 Å². The van der Waals surface area contributed by atoms with Crippen molar-refractivity contribution < 1.29 is 9.18 Å². The highest BCUT2D eigenvalue weighted by atomic mass is 19.1. The van der Waals surface area contributed by atoms with Gasteiger partial charge < -0.3 is 5.32 Å². The second kappa shape index (κ2) is 8.42. The van der Waals surface area contributed by atoms with Crippen LogP contribution in [0.3, 0.4) is 0 Å². The van der Waals surface area contributed by atoms with E-state index in [1.807, 2.05) is 32.0 Å². The van der Waals surface area contributed by atoms with E-state index in [9.17, 15) is 9.18 Å². The first kappa shape index (κ1) is 17.1. The SMILES string of the molecule is CC[C@H](NC(=O)CCCc1ccc(F)cc1)c1cccc(C)n1. The monoisotopic (exact) mass is 314 g/mol. The van der Waals surface area contributed by atoms with Crippen LogP contribution in [0.1, 0.15) is 49.2 Å². The van der Waals surface area contributed by atoms with Crippen molar-refractivity contribution in [2.45, 2.75) is 45.6 Å². The molecule has 1 aromatic carbocycles. The van der Waals surface area contributed by atoms with Crippen LogP contribution < -0.4 is 5.32 Å². The molecule has 23 heavy (non-hydrogen) atoms. The molecular weight excluding hydrogens is 291 g/mol. The van der Waals surface area contributed by atoms with Gasteiger partial charge in [-0.15, -0.1) is 0 Å². The third kappa shape index (κ3) is 5.47. The highest BCUT2D eigenvalue weighted by Crippen LogP contribution is 2.15. The number of aromatic nitrogens is 1. The number of carbonyl (C=O) groups is 1. The second-order valence-electron chi connectivity index (χ2n) is 5.71. The fourth-order valence-corrected chi connectivity index (χ4v) is 2.51. The number of benzene rings is 1. The van der Waals surface area contributed by atoms with Gasteiger partial charge in [-0.1, -0.05) is 25.1 Å². The highest BCUT2D eigenvalue weighted by molar-refractivity contribution is 5.76. The van der Waals surface area contributed by atoms with Gasteiger partial charge in [0.25, 0.3) is 0 Å². The molecule has 0 saturated heterocycles. The average Bonchev–Trinajstić information content (AvgIpc) is 2.54. The number of carbonyl (C=O) groups excluding carboxylic acids is 1. The lowest BCUT2D eigenvalue weighted by atomic mass is 10.1. The molecule has 1 amide bonds. The standard InChI is InChI=1S/C19H23FN2O/c1-3-17(18-8-4-6-14(2)21-18)22-19(23)9-5-7-15-10-12-16(20)13-11-15/h4,6,8,10-13,17H,3,5,7,9H2,1-2H3,(H,22,23)/t17-/m0/s1. The van der Waals surface area contributed by atoms with E-state index in [2.05, 4.69) is 10.3 Å². The fourth-order valence-electron chi connectivity index (χ4n) is 2.51. The number of halogens is 1. The molecule has 1 aromatic heterocycles. The van der Waals surface area contributed by atoms with Crippen molar-refractivity contribution in [3.05, 3.63) is 65.2 Å². The topological polar surface area (TPSA) is 42.0 Å². The van der Waals surface area contributed by atoms with E-state index in [0.717, 1.165) is 36.2 Å². The van der Waals surface area contributed by atoms with E-state index in [-0.39, 0.29) is 17.8 Å². The van der Waals surface area contributed by atoms with Crippen LogP contribution in [-0.2, 0) is 11.2 Å². The summed E-state index contributed by atoms with van der Waals surface area (Å²) in [6.45, 7) is 3.98. The van der Waals surface area contributed by atoms with Crippen molar-refractivity contribution in [2.24, 2.45) is 0 Å². The van der Waals surface area contributed by atoms with E-state index in [4.69, 9.17) is 0 Å². The Kier molecular flexibility index (Phi) is 6.27. The van der Waals surface area contributed by atoms with Gasteiger partial charge >= 0.3 is 0 Å². The fraction of sp³-hybridized carbons (Fsp3) is 0.368. The number of rotatable bonds is 7. The molecule has 0 spiro atoms. The largest absolute Gasteiger partial charge is 0.348 e. The van der Waals surface area contributed by atoms with E-state index in [0.29, 0.717) is 6.42 Å². The first-order valence-corrected chi connectivity index (χ1v) is 8.06. The molecule has 0 aliphatic carbocycles. The van der Waals surface area contributed by atoms with Crippen molar-refractivity contribution in [1.82, 2.24) is 10.3 Å². The lowest BCUT2D eigenvalue weighted by Gasteiger charge is -2.17. The van der Waals surface area contributed by atoms with Crippen LogP contribution in [0.2, 0.25) is 0 Å². The van der Waals surface area contributed by atoms with E-state index >= 15 is 0 Å². The molecule has 0 aliphatic heterocycles. The first-order valence-electron chi connectivity index (χ1n) is 8.06. The Hall–Kier alpha value is -2.23. The third-order valence-electron chi connectivity index (χ3n) is 3.79. The van der Waals surface area contributed by atoms with Crippen LogP contribution in [0, 0.1) is 12.7 Å². The molecular formula is C19H23FN2O. The molecule has 0 unspecified atom stereocenters. The first-order chi connectivity index (χ1) is 11.1. The highest BCUT2D eigenvalue weighted by Gasteiger charge is 2.13. The number of hydrogen-bond acceptors (Lipinski definition) is 2. The lowest BCUT2D eigenvalue weighted by molar-refractivity contribution is -0.122. The number of hydrogen-bond donors (Lipinski definition) is 1. The van der Waals surface area contributed by atoms with Crippen LogP contribution in [0.5, 0.6) is 0 Å². The summed E-state index contributed by atoms with van der Waals surface area (Å²) in [6.07, 6.45) is 2.78. The van der Waals surface area contributed by atoms with Crippen LogP contribution in [0.4, 0.5) is 4.39 Å². The smallest absolute Gasteiger partial charge is 0.220 e. The average molecular weight is 314 g/mol. The van der Waals surface area contributed by atoms with Crippen LogP contribution in [0.25, 0.3) is 0 Å². The van der Waals surface area contributed by atoms with Crippen molar-refractivity contribution in [1.29, 1.82) is 0 Å². The lowest BCUT2D eigenvalue weighted by Crippen LogP contribution is -2.28. The summed E-state index contributed by atoms with van der Waals surface area (Å²) in [4.78, 5) is 16.6. The number of nitrogens with one attached hydrogen (secondary N) is 1. The summed E-state index contributed by atoms with van der Waals surface area (Å²) in [5.74, 6) is -0.204. The summed E-state index contributed by atoms with van der Waals surface area (Å²) in [5.41, 5.74) is 2.90. The van der Waals surface area contributed by atoms with E-state index < -0.39 is 0 Å². The van der Waals surface area contributed by atoms with E-state index in [1.54, 1.807) is 12.1 Å². The normalized spacial score (nSPS) is 12.0. The molecule has 122 valence electrons. The van der Waals surface area contributed by atoms with E-state index in [1.165, 1.54) is 12.1 Å². The number of aryl methyl sites for hydroxylation is 2. The Labute approximate surface area is 137 Å². The summed E-state index contributed by atoms with van der Waals surface area (Å²) >= 11 is 0. The maximum Gasteiger partial charge on any atom is 0.220 e. The van der Waals surface area contributed by atoms with Crippen LogP contribution in [-0.4, -0.2) is 10.9 Å². The molecule has 1 atom stereocenters. The van der Waals surface area contributed by atoms with Crippen molar-refractivity contribution >= 4 is 5.91 Å². The molecule has 0 aliphatic rings. The maximum atomic E-state index is 12.8. The van der Waals surface area contributed by atoms with Crippen molar-refractivity contribution in [3.8, 4) is 0 Å². The zero-order chi connectivity index (χ0) is 16.7. The van der Waals surface area contributed by atoms with Crippen molar-refractivity contribution in [3.63, 3.8) is 0 Å². The Morgan fingerprint density at radius 1 is 1.22 bits per heavy atom. The maximum absolute atomic E-state index is 12.8. The predicted molar refractivity (Wildman–Crippen MR) is 89.5 cm³/mol. The molecule has 4 heteroatoms. The third-order valence-corrected chi connectivity index (χ3v) is 3.79. The Morgan fingerprint density at radius 3 is 2.61 bits per heavy atom. The number of amides is 1. The molecule has 0 saturated carbocycles. The minimum Gasteiger partial charge on any atom is -0.348 e. The molecule has 0 radical (unpaired) electrons. The predicted octanol–water partition coefficient (Wildman–Crippen LogP) is 4.12. The zero-order valence-electron chi connectivity index (χ0n) is 13.7. The van der Waals surface area contributed by atoms with Crippen LogP contribution >= 0.6 is 0 Å². The number of nitrogens with zero attached hydrogens (tertiary/aromatic N) is 1. The van der Waals surface area contributed by atoms with Gasteiger partial charge in [0.2, 0.25) is 5.91 Å². The van der Waals surface area contributed by atoms with Crippen molar-refractivity contribution in [2.75, 3.05) is 0 Å². The van der Waals surface area contributed by atoms with Crippen LogP contribution in [0.15, 0.2) is 42.5 Å². The summed E-state index contributed by atoms with van der Waals surface area (Å²) in [6, 6.07) is 12.2. The van der Waals surface area contributed by atoms with Gasteiger partial charge in [0.05, 0.1) is 11.7 Å². The Balaban J connectivity index is 1.82. The minimum absolute atomic E-state index is 0.0299. The second-order valence-corrected chi connectivity index (χ2v) is 5.71. The molecule has 0 fully saturated rings. The van der Waals surface area contributed by atoms with Gasteiger partial charge in [-0.25, -0.2) is 4.39 Å². The molecule has 2 aromatic rings. The zero-order valence-corrected chi connectivity index (χ0v) is 13.7. The summed E-state index contributed by atoms with van der Waals surface area (Å²) in [5, 5.41) is 3.04. The summed E-state index contributed by atoms with van der Waals surface area (Å²) < 4.78 is 12.8.